The number of aromatic nitrogens is 5. The summed E-state index contributed by atoms with van der Waals surface area (Å²) in [7, 11) is 5.53. The maximum Gasteiger partial charge on any atom is 0.256 e. The van der Waals surface area contributed by atoms with Gasteiger partial charge in [0.05, 0.1) is 36.2 Å². The topological polar surface area (TPSA) is 116 Å². The molecule has 5 rings (SSSR count). The molecule has 3 N–H and O–H groups in total. The van der Waals surface area contributed by atoms with E-state index < -0.39 is 0 Å². The van der Waals surface area contributed by atoms with E-state index in [2.05, 4.69) is 49.5 Å². The Balaban J connectivity index is 1.40. The van der Waals surface area contributed by atoms with Crippen LogP contribution in [0.3, 0.4) is 0 Å². The molecule has 11 heteroatoms. The number of anilines is 3. The number of nitrogens with one attached hydrogen (secondary N) is 3. The van der Waals surface area contributed by atoms with Crippen molar-refractivity contribution in [3.05, 3.63) is 42.4 Å². The van der Waals surface area contributed by atoms with E-state index in [1.807, 2.05) is 51.5 Å². The first-order valence-electron chi connectivity index (χ1n) is 12.8. The van der Waals surface area contributed by atoms with Crippen molar-refractivity contribution in [1.29, 1.82) is 0 Å². The van der Waals surface area contributed by atoms with Crippen LogP contribution in [0.15, 0.2) is 36.8 Å². The number of H-pyrrole nitrogens is 1. The van der Waals surface area contributed by atoms with Crippen LogP contribution in [0.5, 0.6) is 5.88 Å². The lowest BCUT2D eigenvalue weighted by Gasteiger charge is -2.40. The number of benzene rings is 1. The summed E-state index contributed by atoms with van der Waals surface area (Å²) in [6.07, 6.45) is 5.53. The van der Waals surface area contributed by atoms with Gasteiger partial charge in [-0.1, -0.05) is 12.1 Å². The van der Waals surface area contributed by atoms with Crippen molar-refractivity contribution >= 4 is 34.1 Å². The average Bonchev–Trinajstić information content (AvgIpc) is 3.49. The third kappa shape index (κ3) is 4.94. The van der Waals surface area contributed by atoms with Crippen LogP contribution in [0.4, 0.5) is 17.3 Å². The van der Waals surface area contributed by atoms with Crippen LogP contribution in [-0.2, 0) is 11.8 Å². The second kappa shape index (κ2) is 10.4. The summed E-state index contributed by atoms with van der Waals surface area (Å²) < 4.78 is 7.00. The predicted molar refractivity (Wildman–Crippen MR) is 149 cm³/mol. The standard InChI is InChI=1S/C27H35N9O2/c1-16-12-29-27(31-22-15-35(5)33-26(22)38-6)32-23(16)20-13-28-24-19(20)8-7-9-21(24)30-25(37)18(3)36-11-10-34(4)17(2)14-36/h7-9,12-13,15,17-18,28H,10-11,14H2,1-6H3,(H,30,37)(H,29,31,32)/t17-,18-/m1/s1. The number of aromatic amines is 1. The number of para-hydroxylation sites is 1. The Kier molecular flexibility index (Phi) is 7.04. The molecule has 2 atom stereocenters. The Morgan fingerprint density at radius 2 is 2.05 bits per heavy atom. The van der Waals surface area contributed by atoms with Crippen LogP contribution in [0, 0.1) is 6.92 Å². The molecule has 0 spiro atoms. The number of methoxy groups -OCH3 is 1. The summed E-state index contributed by atoms with van der Waals surface area (Å²) in [6, 6.07) is 6.10. The summed E-state index contributed by atoms with van der Waals surface area (Å²) in [5, 5.41) is 11.6. The number of likely N-dealkylation sites (N-methyl/N-ethyl adjacent to an activating group) is 1. The van der Waals surface area contributed by atoms with Crippen molar-refractivity contribution in [2.45, 2.75) is 32.9 Å². The minimum Gasteiger partial charge on any atom is -0.478 e. The molecule has 0 saturated carbocycles. The molecule has 0 unspecified atom stereocenters. The van der Waals surface area contributed by atoms with E-state index in [0.717, 1.165) is 53.0 Å². The molecule has 4 heterocycles. The number of aryl methyl sites for hydroxylation is 2. The second-order valence-electron chi connectivity index (χ2n) is 10.00. The van der Waals surface area contributed by atoms with Gasteiger partial charge in [-0.25, -0.2) is 9.97 Å². The molecule has 1 saturated heterocycles. The largest absolute Gasteiger partial charge is 0.478 e. The second-order valence-corrected chi connectivity index (χ2v) is 10.00. The van der Waals surface area contributed by atoms with Gasteiger partial charge < -0.3 is 25.3 Å². The van der Waals surface area contributed by atoms with E-state index in [1.165, 1.54) is 0 Å². The van der Waals surface area contributed by atoms with Crippen molar-refractivity contribution in [2.24, 2.45) is 7.05 Å². The quantitative estimate of drug-likeness (QED) is 0.342. The molecule has 1 aromatic carbocycles. The molecule has 38 heavy (non-hydrogen) atoms. The molecule has 200 valence electrons. The molecule has 0 bridgehead atoms. The zero-order valence-corrected chi connectivity index (χ0v) is 22.7. The molecule has 0 aliphatic carbocycles. The van der Waals surface area contributed by atoms with E-state index in [1.54, 1.807) is 18.0 Å². The van der Waals surface area contributed by atoms with Gasteiger partial charge >= 0.3 is 0 Å². The molecule has 11 nitrogen and oxygen atoms in total. The first-order valence-corrected chi connectivity index (χ1v) is 12.8. The van der Waals surface area contributed by atoms with E-state index in [0.29, 0.717) is 23.6 Å². The van der Waals surface area contributed by atoms with Crippen LogP contribution < -0.4 is 15.4 Å². The Morgan fingerprint density at radius 3 is 2.82 bits per heavy atom. The number of piperazine rings is 1. The highest BCUT2D eigenvalue weighted by molar-refractivity contribution is 6.06. The fourth-order valence-electron chi connectivity index (χ4n) is 4.89. The Labute approximate surface area is 222 Å². The van der Waals surface area contributed by atoms with Crippen LogP contribution in [0.2, 0.25) is 0 Å². The third-order valence-electron chi connectivity index (χ3n) is 7.35. The van der Waals surface area contributed by atoms with Gasteiger partial charge in [-0.05, 0) is 39.4 Å². The predicted octanol–water partition coefficient (Wildman–Crippen LogP) is 3.38. The lowest BCUT2D eigenvalue weighted by Crippen LogP contribution is -2.55. The van der Waals surface area contributed by atoms with Gasteiger partial charge in [-0.2, -0.15) is 0 Å². The fraction of sp³-hybridized carbons (Fsp3) is 0.407. The highest BCUT2D eigenvalue weighted by Crippen LogP contribution is 2.34. The van der Waals surface area contributed by atoms with E-state index in [9.17, 15) is 4.79 Å². The van der Waals surface area contributed by atoms with Gasteiger partial charge in [-0.3, -0.25) is 14.4 Å². The Bertz CT molecular complexity index is 1460. The lowest BCUT2D eigenvalue weighted by atomic mass is 10.1. The van der Waals surface area contributed by atoms with Crippen LogP contribution in [0.1, 0.15) is 19.4 Å². The fourth-order valence-corrected chi connectivity index (χ4v) is 4.89. The van der Waals surface area contributed by atoms with Gasteiger partial charge in [0.25, 0.3) is 5.88 Å². The van der Waals surface area contributed by atoms with Gasteiger partial charge in [-0.15, -0.1) is 5.10 Å². The molecular weight excluding hydrogens is 482 g/mol. The van der Waals surface area contributed by atoms with Crippen molar-refractivity contribution in [2.75, 3.05) is 44.4 Å². The van der Waals surface area contributed by atoms with Gasteiger partial charge in [0, 0.05) is 56.1 Å². The summed E-state index contributed by atoms with van der Waals surface area (Å²) in [4.78, 5) is 30.4. The maximum atomic E-state index is 13.2. The van der Waals surface area contributed by atoms with Crippen molar-refractivity contribution in [3.63, 3.8) is 0 Å². The average molecular weight is 518 g/mol. The van der Waals surface area contributed by atoms with Gasteiger partial charge in [0.2, 0.25) is 11.9 Å². The number of hydrogen-bond acceptors (Lipinski definition) is 8. The zero-order chi connectivity index (χ0) is 27.0. The first-order chi connectivity index (χ1) is 18.2. The number of ether oxygens (including phenoxy) is 1. The van der Waals surface area contributed by atoms with Crippen LogP contribution >= 0.6 is 0 Å². The summed E-state index contributed by atoms with van der Waals surface area (Å²) >= 11 is 0. The maximum absolute atomic E-state index is 13.2. The van der Waals surface area contributed by atoms with Crippen LogP contribution in [0.25, 0.3) is 22.2 Å². The summed E-state index contributed by atoms with van der Waals surface area (Å²) in [6.45, 7) is 8.85. The molecule has 4 aromatic rings. The number of nitrogens with zero attached hydrogens (tertiary/aromatic N) is 6. The number of carbonyl (C=O) groups excluding carboxylic acids is 1. The monoisotopic (exact) mass is 517 g/mol. The number of hydrogen-bond donors (Lipinski definition) is 3. The first kappa shape index (κ1) is 25.7. The van der Waals surface area contributed by atoms with E-state index in [4.69, 9.17) is 9.72 Å². The minimum absolute atomic E-state index is 0.0134. The van der Waals surface area contributed by atoms with Crippen molar-refractivity contribution < 1.29 is 9.53 Å². The van der Waals surface area contributed by atoms with Crippen LogP contribution in [-0.4, -0.2) is 86.3 Å². The van der Waals surface area contributed by atoms with Gasteiger partial charge in [0.15, 0.2) is 0 Å². The number of rotatable bonds is 7. The Hall–Kier alpha value is -3.96. The highest BCUT2D eigenvalue weighted by Gasteiger charge is 2.28. The molecule has 1 amide bonds. The normalized spacial score (nSPS) is 17.5. The smallest absolute Gasteiger partial charge is 0.256 e. The van der Waals surface area contributed by atoms with Crippen molar-refractivity contribution in [1.82, 2.24) is 34.5 Å². The van der Waals surface area contributed by atoms with Crippen molar-refractivity contribution in [3.8, 4) is 17.1 Å². The summed E-state index contributed by atoms with van der Waals surface area (Å²) in [5.74, 6) is 0.887. The Morgan fingerprint density at radius 1 is 1.24 bits per heavy atom. The molecule has 1 fully saturated rings. The number of fused-ring (bicyclic) bond motifs is 1. The molecule has 3 aromatic heterocycles. The lowest BCUT2D eigenvalue weighted by molar-refractivity contribution is -0.121. The minimum atomic E-state index is -0.224. The molecular formula is C27H35N9O2. The summed E-state index contributed by atoms with van der Waals surface area (Å²) in [5.41, 5.74) is 4.94. The highest BCUT2D eigenvalue weighted by atomic mass is 16.5. The molecule has 1 aliphatic rings. The zero-order valence-electron chi connectivity index (χ0n) is 22.7. The molecule has 1 aliphatic heterocycles. The van der Waals surface area contributed by atoms with Gasteiger partial charge in [0.1, 0.15) is 5.69 Å². The SMILES string of the molecule is COc1nn(C)cc1Nc1ncc(C)c(-c2c[nH]c3c(NC(=O)[C@@H](C)N4CCN(C)[C@H](C)C4)cccc23)n1. The number of carbonyl (C=O) groups is 1. The van der Waals surface area contributed by atoms with E-state index in [-0.39, 0.29) is 11.9 Å². The molecule has 0 radical (unpaired) electrons. The third-order valence-corrected chi connectivity index (χ3v) is 7.35. The van der Waals surface area contributed by atoms with E-state index >= 15 is 0 Å². The number of amides is 1.